The lowest BCUT2D eigenvalue weighted by atomic mass is 10.2. The van der Waals surface area contributed by atoms with Gasteiger partial charge in [0, 0.05) is 25.7 Å². The molecule has 2 rings (SSSR count). The highest BCUT2D eigenvalue weighted by Gasteiger charge is 2.18. The first-order valence-corrected chi connectivity index (χ1v) is 7.31. The Hall–Kier alpha value is -2.26. The van der Waals surface area contributed by atoms with Crippen LogP contribution in [0, 0.1) is 11.3 Å². The third kappa shape index (κ3) is 4.12. The Morgan fingerprint density at radius 1 is 1.27 bits per heavy atom. The summed E-state index contributed by atoms with van der Waals surface area (Å²) >= 11 is 0. The lowest BCUT2D eigenvalue weighted by Crippen LogP contribution is -2.37. The first-order chi connectivity index (χ1) is 10.6. The zero-order valence-corrected chi connectivity index (χ0v) is 13.0. The fraction of sp³-hybridized carbons (Fsp3) is 0.500. The first-order valence-electron chi connectivity index (χ1n) is 7.31. The highest BCUT2D eigenvalue weighted by Crippen LogP contribution is 2.27. The molecule has 1 fully saturated rings. The SMILES string of the molecule is COc1cc(C#N)ccc1OCC(=O)N1CCCN(C)CC1. The highest BCUT2D eigenvalue weighted by atomic mass is 16.5. The number of likely N-dealkylation sites (N-methyl/N-ethyl adjacent to an activating group) is 1. The van der Waals surface area contributed by atoms with Crippen LogP contribution < -0.4 is 9.47 Å². The van der Waals surface area contributed by atoms with Crippen molar-refractivity contribution < 1.29 is 14.3 Å². The first kappa shape index (κ1) is 16.1. The molecule has 0 N–H and O–H groups in total. The van der Waals surface area contributed by atoms with Gasteiger partial charge in [-0.2, -0.15) is 5.26 Å². The molecule has 0 radical (unpaired) electrons. The second-order valence-corrected chi connectivity index (χ2v) is 5.30. The molecule has 0 saturated carbocycles. The number of nitriles is 1. The Balaban J connectivity index is 1.95. The third-order valence-electron chi connectivity index (χ3n) is 3.72. The summed E-state index contributed by atoms with van der Waals surface area (Å²) in [5.74, 6) is 0.908. The lowest BCUT2D eigenvalue weighted by molar-refractivity contribution is -0.133. The van der Waals surface area contributed by atoms with Gasteiger partial charge in [0.2, 0.25) is 0 Å². The van der Waals surface area contributed by atoms with Crippen LogP contribution in [0.25, 0.3) is 0 Å². The molecule has 22 heavy (non-hydrogen) atoms. The van der Waals surface area contributed by atoms with Gasteiger partial charge in [0.05, 0.1) is 18.7 Å². The van der Waals surface area contributed by atoms with Crippen molar-refractivity contribution >= 4 is 5.91 Å². The summed E-state index contributed by atoms with van der Waals surface area (Å²) in [7, 11) is 3.57. The summed E-state index contributed by atoms with van der Waals surface area (Å²) in [6.07, 6.45) is 0.975. The summed E-state index contributed by atoms with van der Waals surface area (Å²) in [6.45, 7) is 3.35. The van der Waals surface area contributed by atoms with Crippen molar-refractivity contribution in [2.45, 2.75) is 6.42 Å². The van der Waals surface area contributed by atoms with Gasteiger partial charge in [-0.15, -0.1) is 0 Å². The quantitative estimate of drug-likeness (QED) is 0.833. The van der Waals surface area contributed by atoms with E-state index in [0.717, 1.165) is 32.6 Å². The van der Waals surface area contributed by atoms with E-state index in [4.69, 9.17) is 14.7 Å². The molecule has 1 aliphatic heterocycles. The summed E-state index contributed by atoms with van der Waals surface area (Å²) < 4.78 is 10.8. The van der Waals surface area contributed by atoms with Crippen molar-refractivity contribution in [2.24, 2.45) is 0 Å². The Bertz CT molecular complexity index is 568. The number of hydrogen-bond donors (Lipinski definition) is 0. The number of ether oxygens (including phenoxy) is 2. The van der Waals surface area contributed by atoms with Gasteiger partial charge in [0.1, 0.15) is 0 Å². The van der Waals surface area contributed by atoms with Crippen molar-refractivity contribution in [1.29, 1.82) is 5.26 Å². The fourth-order valence-corrected chi connectivity index (χ4v) is 2.38. The van der Waals surface area contributed by atoms with Gasteiger partial charge >= 0.3 is 0 Å². The van der Waals surface area contributed by atoms with Gasteiger partial charge in [-0.1, -0.05) is 0 Å². The number of carbonyl (C=O) groups excluding carboxylic acids is 1. The minimum absolute atomic E-state index is 0.0219. The second kappa shape index (κ2) is 7.66. The van der Waals surface area contributed by atoms with Crippen LogP contribution in [0.2, 0.25) is 0 Å². The van der Waals surface area contributed by atoms with Crippen LogP contribution in [0.5, 0.6) is 11.5 Å². The molecule has 0 spiro atoms. The smallest absolute Gasteiger partial charge is 0.260 e. The van der Waals surface area contributed by atoms with E-state index in [1.807, 2.05) is 11.0 Å². The third-order valence-corrected chi connectivity index (χ3v) is 3.72. The lowest BCUT2D eigenvalue weighted by Gasteiger charge is -2.21. The molecular weight excluding hydrogens is 282 g/mol. The molecule has 0 bridgehead atoms. The van der Waals surface area contributed by atoms with Crippen LogP contribution in [0.4, 0.5) is 0 Å². The van der Waals surface area contributed by atoms with Crippen molar-refractivity contribution in [3.05, 3.63) is 23.8 Å². The average molecular weight is 303 g/mol. The summed E-state index contributed by atoms with van der Waals surface area (Å²) in [5.41, 5.74) is 0.492. The summed E-state index contributed by atoms with van der Waals surface area (Å²) in [4.78, 5) is 16.3. The number of benzene rings is 1. The maximum Gasteiger partial charge on any atom is 0.260 e. The Labute approximate surface area is 130 Å². The number of rotatable bonds is 4. The van der Waals surface area contributed by atoms with Gasteiger partial charge < -0.3 is 19.3 Å². The monoisotopic (exact) mass is 303 g/mol. The van der Waals surface area contributed by atoms with Crippen LogP contribution in [0.3, 0.4) is 0 Å². The van der Waals surface area contributed by atoms with Crippen molar-refractivity contribution in [3.63, 3.8) is 0 Å². The Morgan fingerprint density at radius 2 is 2.09 bits per heavy atom. The van der Waals surface area contributed by atoms with E-state index in [2.05, 4.69) is 11.9 Å². The van der Waals surface area contributed by atoms with Crippen molar-refractivity contribution in [3.8, 4) is 17.6 Å². The molecule has 0 aliphatic carbocycles. The van der Waals surface area contributed by atoms with Crippen LogP contribution >= 0.6 is 0 Å². The van der Waals surface area contributed by atoms with E-state index < -0.39 is 0 Å². The van der Waals surface area contributed by atoms with E-state index in [1.165, 1.54) is 7.11 Å². The summed E-state index contributed by atoms with van der Waals surface area (Å²) in [5, 5.41) is 8.87. The van der Waals surface area contributed by atoms with Crippen molar-refractivity contribution in [1.82, 2.24) is 9.80 Å². The number of amides is 1. The van der Waals surface area contributed by atoms with Crippen LogP contribution in [0.15, 0.2) is 18.2 Å². The van der Waals surface area contributed by atoms with Crippen LogP contribution in [0.1, 0.15) is 12.0 Å². The topological polar surface area (TPSA) is 65.8 Å². The molecule has 1 aromatic rings. The van der Waals surface area contributed by atoms with E-state index >= 15 is 0 Å². The number of hydrogen-bond acceptors (Lipinski definition) is 5. The Kier molecular flexibility index (Phi) is 5.61. The molecule has 6 heteroatoms. The predicted octanol–water partition coefficient (Wildman–Crippen LogP) is 1.11. The van der Waals surface area contributed by atoms with Crippen LogP contribution in [-0.4, -0.2) is 62.7 Å². The van der Waals surface area contributed by atoms with Gasteiger partial charge in [0.15, 0.2) is 18.1 Å². The molecule has 1 aliphatic rings. The summed E-state index contributed by atoms with van der Waals surface area (Å²) in [6, 6.07) is 6.93. The average Bonchev–Trinajstić information content (AvgIpc) is 2.77. The minimum Gasteiger partial charge on any atom is -0.493 e. The van der Waals surface area contributed by atoms with Gasteiger partial charge in [-0.05, 0) is 32.1 Å². The van der Waals surface area contributed by atoms with Crippen molar-refractivity contribution in [2.75, 3.05) is 46.9 Å². The van der Waals surface area contributed by atoms with E-state index in [0.29, 0.717) is 17.1 Å². The van der Waals surface area contributed by atoms with Gasteiger partial charge in [-0.25, -0.2) is 0 Å². The van der Waals surface area contributed by atoms with Crippen LogP contribution in [-0.2, 0) is 4.79 Å². The maximum atomic E-state index is 12.2. The zero-order chi connectivity index (χ0) is 15.9. The number of carbonyl (C=O) groups is 1. The van der Waals surface area contributed by atoms with Gasteiger partial charge in [-0.3, -0.25) is 4.79 Å². The molecule has 6 nitrogen and oxygen atoms in total. The largest absolute Gasteiger partial charge is 0.493 e. The fourth-order valence-electron chi connectivity index (χ4n) is 2.38. The Morgan fingerprint density at radius 3 is 2.82 bits per heavy atom. The number of nitrogens with zero attached hydrogens (tertiary/aromatic N) is 3. The van der Waals surface area contributed by atoms with E-state index in [-0.39, 0.29) is 12.5 Å². The van der Waals surface area contributed by atoms with E-state index in [1.54, 1.807) is 18.2 Å². The second-order valence-electron chi connectivity index (χ2n) is 5.30. The molecule has 0 aromatic heterocycles. The predicted molar refractivity (Wildman–Crippen MR) is 81.9 cm³/mol. The zero-order valence-electron chi connectivity index (χ0n) is 13.0. The molecular formula is C16H21N3O3. The molecule has 1 heterocycles. The number of methoxy groups -OCH3 is 1. The molecule has 0 unspecified atom stereocenters. The van der Waals surface area contributed by atoms with E-state index in [9.17, 15) is 4.79 Å². The molecule has 1 aromatic carbocycles. The maximum absolute atomic E-state index is 12.2. The highest BCUT2D eigenvalue weighted by molar-refractivity contribution is 5.78. The molecule has 1 saturated heterocycles. The molecule has 118 valence electrons. The standard InChI is InChI=1S/C16H21N3O3/c1-18-6-3-7-19(9-8-18)16(20)12-22-14-5-4-13(11-17)10-15(14)21-2/h4-5,10H,3,6-9,12H2,1-2H3. The normalized spacial score (nSPS) is 15.8. The molecule has 1 amide bonds. The van der Waals surface area contributed by atoms with Gasteiger partial charge in [0.25, 0.3) is 5.91 Å². The minimum atomic E-state index is -0.0262. The molecule has 0 atom stereocenters.